The number of aromatic nitrogens is 1. The Balaban J connectivity index is 2.11. The van der Waals surface area contributed by atoms with E-state index in [1.54, 1.807) is 36.5 Å². The fraction of sp³-hybridized carbons (Fsp3) is 0. The molecule has 0 aliphatic heterocycles. The van der Waals surface area contributed by atoms with Crippen LogP contribution in [0.1, 0.15) is 16.1 Å². The number of ketones is 1. The first kappa shape index (κ1) is 10.8. The quantitative estimate of drug-likeness (QED) is 0.638. The molecule has 0 aliphatic rings. The van der Waals surface area contributed by atoms with Gasteiger partial charge >= 0.3 is 0 Å². The zero-order valence-electron chi connectivity index (χ0n) is 8.26. The van der Waals surface area contributed by atoms with E-state index in [4.69, 9.17) is 4.42 Å². The highest BCUT2D eigenvalue weighted by Crippen LogP contribution is 2.15. The molecule has 0 amide bonds. The second-order valence-corrected chi connectivity index (χ2v) is 3.86. The maximum absolute atomic E-state index is 11.6. The van der Waals surface area contributed by atoms with Gasteiger partial charge in [-0.05, 0) is 52.3 Å². The summed E-state index contributed by atoms with van der Waals surface area (Å²) in [6.45, 7) is 0. The number of hydrogen-bond donors (Lipinski definition) is 0. The Hall–Kier alpha value is -1.68. The summed E-state index contributed by atoms with van der Waals surface area (Å²) in [5, 5.41) is 0. The van der Waals surface area contributed by atoms with Gasteiger partial charge in [0.1, 0.15) is 5.76 Å². The third-order valence-corrected chi connectivity index (χ3v) is 2.37. The predicted molar refractivity (Wildman–Crippen MR) is 64.0 cm³/mol. The molecule has 2 rings (SSSR count). The van der Waals surface area contributed by atoms with Crippen molar-refractivity contribution >= 4 is 27.8 Å². The molecule has 0 atom stereocenters. The van der Waals surface area contributed by atoms with Gasteiger partial charge in [0.25, 0.3) is 0 Å². The van der Waals surface area contributed by atoms with Crippen LogP contribution < -0.4 is 0 Å². The van der Waals surface area contributed by atoms with Crippen molar-refractivity contribution in [2.45, 2.75) is 0 Å². The van der Waals surface area contributed by atoms with Gasteiger partial charge in [0, 0.05) is 18.0 Å². The predicted octanol–water partition coefficient (Wildman–Crippen LogP) is 3.33. The molecular formula is C12H8BrNO2. The van der Waals surface area contributed by atoms with Crippen molar-refractivity contribution in [1.29, 1.82) is 0 Å². The molecule has 0 aliphatic carbocycles. The van der Waals surface area contributed by atoms with Gasteiger partial charge in [0.2, 0.25) is 0 Å². The lowest BCUT2D eigenvalue weighted by molar-refractivity contribution is 0.104. The zero-order valence-corrected chi connectivity index (χ0v) is 9.85. The summed E-state index contributed by atoms with van der Waals surface area (Å²) in [6, 6.07) is 6.99. The van der Waals surface area contributed by atoms with Crippen LogP contribution in [0.3, 0.4) is 0 Å². The molecule has 0 radical (unpaired) electrons. The molecule has 3 nitrogen and oxygen atoms in total. The molecule has 80 valence electrons. The van der Waals surface area contributed by atoms with Gasteiger partial charge in [-0.3, -0.25) is 9.78 Å². The smallest absolute Gasteiger partial charge is 0.187 e. The van der Waals surface area contributed by atoms with E-state index in [1.807, 2.05) is 0 Å². The molecule has 2 aromatic heterocycles. The van der Waals surface area contributed by atoms with Crippen molar-refractivity contribution in [3.63, 3.8) is 0 Å². The van der Waals surface area contributed by atoms with Crippen molar-refractivity contribution in [1.82, 2.24) is 4.98 Å². The number of halogens is 1. The average Bonchev–Trinajstić information content (AvgIpc) is 2.73. The number of carbonyl (C=O) groups is 1. The molecule has 0 aromatic carbocycles. The second kappa shape index (κ2) is 4.90. The first-order chi connectivity index (χ1) is 7.75. The van der Waals surface area contributed by atoms with Gasteiger partial charge in [-0.15, -0.1) is 0 Å². The lowest BCUT2D eigenvalue weighted by Gasteiger charge is -1.92. The van der Waals surface area contributed by atoms with Crippen molar-refractivity contribution < 1.29 is 9.21 Å². The van der Waals surface area contributed by atoms with E-state index in [-0.39, 0.29) is 5.78 Å². The van der Waals surface area contributed by atoms with Crippen LogP contribution >= 0.6 is 15.9 Å². The summed E-state index contributed by atoms with van der Waals surface area (Å²) in [5.41, 5.74) is 0.560. The molecule has 2 heterocycles. The molecule has 4 heteroatoms. The summed E-state index contributed by atoms with van der Waals surface area (Å²) in [4.78, 5) is 15.5. The molecular weight excluding hydrogens is 270 g/mol. The minimum Gasteiger partial charge on any atom is -0.450 e. The molecule has 0 spiro atoms. The molecule has 0 saturated heterocycles. The van der Waals surface area contributed by atoms with Gasteiger partial charge in [-0.1, -0.05) is 0 Å². The SMILES string of the molecule is O=C(/C=C\c1ccc(Br)o1)c1cccnc1. The van der Waals surface area contributed by atoms with Gasteiger partial charge in [-0.25, -0.2) is 0 Å². The number of pyridine rings is 1. The normalized spacial score (nSPS) is 10.8. The number of hydrogen-bond acceptors (Lipinski definition) is 3. The van der Waals surface area contributed by atoms with Crippen molar-refractivity contribution in [2.24, 2.45) is 0 Å². The molecule has 0 unspecified atom stereocenters. The Labute approximate surface area is 101 Å². The minimum absolute atomic E-state index is 0.0966. The van der Waals surface area contributed by atoms with E-state index in [0.717, 1.165) is 0 Å². The largest absolute Gasteiger partial charge is 0.450 e. The Morgan fingerprint density at radius 1 is 1.38 bits per heavy atom. The van der Waals surface area contributed by atoms with E-state index in [1.165, 1.54) is 12.3 Å². The fourth-order valence-corrected chi connectivity index (χ4v) is 1.50. The monoisotopic (exact) mass is 277 g/mol. The maximum Gasteiger partial charge on any atom is 0.187 e. The number of carbonyl (C=O) groups excluding carboxylic acids is 1. The lowest BCUT2D eigenvalue weighted by atomic mass is 10.2. The van der Waals surface area contributed by atoms with Crippen LogP contribution in [0.25, 0.3) is 6.08 Å². The van der Waals surface area contributed by atoms with Crippen LogP contribution in [0.15, 0.2) is 51.8 Å². The Morgan fingerprint density at radius 3 is 2.88 bits per heavy atom. The second-order valence-electron chi connectivity index (χ2n) is 3.08. The van der Waals surface area contributed by atoms with Crippen LogP contribution in [0.5, 0.6) is 0 Å². The van der Waals surface area contributed by atoms with Gasteiger partial charge in [-0.2, -0.15) is 0 Å². The summed E-state index contributed by atoms with van der Waals surface area (Å²) in [6.07, 6.45) is 6.25. The maximum atomic E-state index is 11.6. The minimum atomic E-state index is -0.0966. The van der Waals surface area contributed by atoms with Gasteiger partial charge in [0.05, 0.1) is 0 Å². The Kier molecular flexibility index (Phi) is 3.31. The van der Waals surface area contributed by atoms with E-state index in [2.05, 4.69) is 20.9 Å². The summed E-state index contributed by atoms with van der Waals surface area (Å²) >= 11 is 3.19. The van der Waals surface area contributed by atoms with Crippen LogP contribution in [-0.2, 0) is 0 Å². The van der Waals surface area contributed by atoms with E-state index >= 15 is 0 Å². The highest BCUT2D eigenvalue weighted by molar-refractivity contribution is 9.10. The number of nitrogens with zero attached hydrogens (tertiary/aromatic N) is 1. The first-order valence-electron chi connectivity index (χ1n) is 4.63. The molecule has 2 aromatic rings. The van der Waals surface area contributed by atoms with Crippen LogP contribution in [0.4, 0.5) is 0 Å². The van der Waals surface area contributed by atoms with Crippen LogP contribution in [0, 0.1) is 0 Å². The molecule has 0 N–H and O–H groups in total. The average molecular weight is 278 g/mol. The molecule has 16 heavy (non-hydrogen) atoms. The lowest BCUT2D eigenvalue weighted by Crippen LogP contribution is -1.93. The Morgan fingerprint density at radius 2 is 2.25 bits per heavy atom. The van der Waals surface area contributed by atoms with E-state index in [0.29, 0.717) is 16.0 Å². The first-order valence-corrected chi connectivity index (χ1v) is 5.43. The van der Waals surface area contributed by atoms with Crippen molar-refractivity contribution in [3.05, 3.63) is 58.7 Å². The molecule has 0 fully saturated rings. The van der Waals surface area contributed by atoms with Crippen LogP contribution in [0.2, 0.25) is 0 Å². The van der Waals surface area contributed by atoms with E-state index < -0.39 is 0 Å². The highest BCUT2D eigenvalue weighted by Gasteiger charge is 2.01. The summed E-state index contributed by atoms with van der Waals surface area (Å²) in [7, 11) is 0. The summed E-state index contributed by atoms with van der Waals surface area (Å²) < 4.78 is 5.87. The van der Waals surface area contributed by atoms with Gasteiger partial charge < -0.3 is 4.42 Å². The zero-order chi connectivity index (χ0) is 11.4. The van der Waals surface area contributed by atoms with Crippen molar-refractivity contribution in [2.75, 3.05) is 0 Å². The standard InChI is InChI=1S/C12H8BrNO2/c13-12-6-4-10(16-12)3-5-11(15)9-2-1-7-14-8-9/h1-8H/b5-3-. The molecule has 0 saturated carbocycles. The van der Waals surface area contributed by atoms with Crippen LogP contribution in [-0.4, -0.2) is 10.8 Å². The number of allylic oxidation sites excluding steroid dienone is 1. The Bertz CT molecular complexity index is 517. The number of rotatable bonds is 3. The number of furan rings is 1. The summed E-state index contributed by atoms with van der Waals surface area (Å²) in [5.74, 6) is 0.532. The van der Waals surface area contributed by atoms with E-state index in [9.17, 15) is 4.79 Å². The van der Waals surface area contributed by atoms with Crippen molar-refractivity contribution in [3.8, 4) is 0 Å². The third kappa shape index (κ3) is 2.67. The fourth-order valence-electron chi connectivity index (χ4n) is 1.18. The third-order valence-electron chi connectivity index (χ3n) is 1.94. The highest BCUT2D eigenvalue weighted by atomic mass is 79.9. The topological polar surface area (TPSA) is 43.1 Å². The van der Waals surface area contributed by atoms with Gasteiger partial charge in [0.15, 0.2) is 10.5 Å². The molecule has 0 bridgehead atoms.